The second-order valence-electron chi connectivity index (χ2n) is 6.49. The van der Waals surface area contributed by atoms with Crippen LogP contribution in [0.5, 0.6) is 0 Å². The van der Waals surface area contributed by atoms with E-state index < -0.39 is 0 Å². The van der Waals surface area contributed by atoms with Crippen LogP contribution in [0.2, 0.25) is 0 Å². The molecule has 21 heavy (non-hydrogen) atoms. The number of rotatable bonds is 15. The first kappa shape index (κ1) is 20.4. The lowest BCUT2D eigenvalue weighted by Gasteiger charge is -2.07. The fraction of sp³-hybridized carbons (Fsp3) is 0.944. The first-order valence-electron chi connectivity index (χ1n) is 9.11. The van der Waals surface area contributed by atoms with Gasteiger partial charge in [-0.25, -0.2) is 4.79 Å². The number of carbonyl (C=O) groups is 1. The molecule has 0 amide bonds. The zero-order chi connectivity index (χ0) is 15.8. The molecule has 126 valence electrons. The Morgan fingerprint density at radius 1 is 0.762 bits per heavy atom. The lowest BCUT2D eigenvalue weighted by molar-refractivity contribution is -0.850. The largest absolute Gasteiger partial charge is 0.462 e. The second-order valence-corrected chi connectivity index (χ2v) is 6.49. The number of unbranched alkanes of at least 4 members (excludes halogenated alkanes) is 11. The Kier molecular flexibility index (Phi) is 15.4. The van der Waals surface area contributed by atoms with Crippen LogP contribution >= 0.6 is 0 Å². The Morgan fingerprint density at radius 3 is 1.62 bits per heavy atom. The Morgan fingerprint density at radius 2 is 1.19 bits per heavy atom. The Labute approximate surface area is 132 Å². The highest BCUT2D eigenvalue weighted by Crippen LogP contribution is 2.11. The van der Waals surface area contributed by atoms with Crippen LogP contribution in [0, 0.1) is 0 Å². The summed E-state index contributed by atoms with van der Waals surface area (Å²) in [5, 5.41) is 0. The van der Waals surface area contributed by atoms with Crippen molar-refractivity contribution in [1.29, 1.82) is 0 Å². The quantitative estimate of drug-likeness (QED) is 0.371. The van der Waals surface area contributed by atoms with Crippen molar-refractivity contribution in [2.75, 3.05) is 27.2 Å². The van der Waals surface area contributed by atoms with Crippen LogP contribution in [0.25, 0.3) is 0 Å². The summed E-state index contributed by atoms with van der Waals surface area (Å²) in [5.41, 5.74) is 0. The van der Waals surface area contributed by atoms with Gasteiger partial charge >= 0.3 is 5.97 Å². The van der Waals surface area contributed by atoms with Crippen molar-refractivity contribution in [3.8, 4) is 0 Å². The van der Waals surface area contributed by atoms with E-state index in [1.165, 1.54) is 70.6 Å². The fourth-order valence-electron chi connectivity index (χ4n) is 2.47. The van der Waals surface area contributed by atoms with Crippen LogP contribution in [-0.4, -0.2) is 33.2 Å². The Bertz CT molecular complexity index is 229. The predicted octanol–water partition coefficient (Wildman–Crippen LogP) is 3.38. The number of nitrogens with one attached hydrogen (secondary N) is 1. The number of carbonyl (C=O) groups excluding carboxylic acids is 1. The number of likely N-dealkylation sites (N-methyl/N-ethyl adjacent to an activating group) is 1. The molecular formula is C18H38NO2+. The maximum Gasteiger partial charge on any atom is 0.361 e. The number of ether oxygens (including phenoxy) is 1. The minimum Gasteiger partial charge on any atom is -0.462 e. The first-order chi connectivity index (χ1) is 10.2. The molecule has 0 spiro atoms. The molecule has 0 unspecified atom stereocenters. The summed E-state index contributed by atoms with van der Waals surface area (Å²) >= 11 is 0. The fourth-order valence-corrected chi connectivity index (χ4v) is 2.47. The highest BCUT2D eigenvalue weighted by molar-refractivity contribution is 5.70. The number of esters is 1. The van der Waals surface area contributed by atoms with Crippen molar-refractivity contribution in [2.45, 2.75) is 84.0 Å². The van der Waals surface area contributed by atoms with Gasteiger partial charge in [-0.1, -0.05) is 77.6 Å². The minimum absolute atomic E-state index is 0.0712. The number of hydrogen-bond acceptors (Lipinski definition) is 2. The molecule has 0 aliphatic rings. The van der Waals surface area contributed by atoms with Gasteiger partial charge in [-0.15, -0.1) is 0 Å². The second kappa shape index (κ2) is 15.8. The van der Waals surface area contributed by atoms with Gasteiger partial charge < -0.3 is 9.64 Å². The van der Waals surface area contributed by atoms with E-state index in [0.717, 1.165) is 11.3 Å². The van der Waals surface area contributed by atoms with Crippen LogP contribution < -0.4 is 4.90 Å². The molecule has 0 fully saturated rings. The molecule has 0 aromatic carbocycles. The summed E-state index contributed by atoms with van der Waals surface area (Å²) in [5.74, 6) is -0.0712. The molecule has 0 aliphatic heterocycles. The molecule has 0 aliphatic carbocycles. The van der Waals surface area contributed by atoms with Crippen molar-refractivity contribution in [2.24, 2.45) is 0 Å². The number of quaternary nitrogens is 1. The molecule has 0 atom stereocenters. The maximum atomic E-state index is 11.3. The summed E-state index contributed by atoms with van der Waals surface area (Å²) in [6, 6.07) is 0. The Hall–Kier alpha value is -0.570. The molecule has 0 saturated heterocycles. The Balaban J connectivity index is 3.07. The summed E-state index contributed by atoms with van der Waals surface area (Å²) in [6.45, 7) is 3.34. The maximum absolute atomic E-state index is 11.3. The molecule has 0 rings (SSSR count). The van der Waals surface area contributed by atoms with Gasteiger partial charge in [0, 0.05) is 0 Å². The topological polar surface area (TPSA) is 30.7 Å². The van der Waals surface area contributed by atoms with E-state index in [-0.39, 0.29) is 5.97 Å². The predicted molar refractivity (Wildman–Crippen MR) is 89.7 cm³/mol. The molecule has 3 heteroatoms. The molecule has 0 saturated carbocycles. The van der Waals surface area contributed by atoms with Crippen LogP contribution in [0.1, 0.15) is 84.0 Å². The van der Waals surface area contributed by atoms with Gasteiger partial charge in [-0.3, -0.25) is 0 Å². The average molecular weight is 301 g/mol. The highest BCUT2D eigenvalue weighted by atomic mass is 16.5. The molecule has 0 aromatic rings. The van der Waals surface area contributed by atoms with E-state index in [4.69, 9.17) is 4.74 Å². The molecule has 1 N–H and O–H groups in total. The lowest BCUT2D eigenvalue weighted by atomic mass is 10.1. The van der Waals surface area contributed by atoms with Crippen LogP contribution in [-0.2, 0) is 9.53 Å². The average Bonchev–Trinajstić information content (AvgIpc) is 2.43. The van der Waals surface area contributed by atoms with Gasteiger partial charge in [0.1, 0.15) is 0 Å². The van der Waals surface area contributed by atoms with Crippen molar-refractivity contribution < 1.29 is 14.4 Å². The van der Waals surface area contributed by atoms with Crippen molar-refractivity contribution in [3.05, 3.63) is 0 Å². The normalized spacial score (nSPS) is 11.0. The number of hydrogen-bond donors (Lipinski definition) is 1. The first-order valence-corrected chi connectivity index (χ1v) is 9.11. The molecule has 0 bridgehead atoms. The van der Waals surface area contributed by atoms with Gasteiger partial charge in [-0.05, 0) is 6.42 Å². The van der Waals surface area contributed by atoms with Gasteiger partial charge in [0.05, 0.1) is 20.7 Å². The van der Waals surface area contributed by atoms with E-state index in [1.54, 1.807) is 0 Å². The molecule has 3 nitrogen and oxygen atoms in total. The van der Waals surface area contributed by atoms with E-state index in [0.29, 0.717) is 13.2 Å². The van der Waals surface area contributed by atoms with Gasteiger partial charge in [0.15, 0.2) is 6.54 Å². The summed E-state index contributed by atoms with van der Waals surface area (Å²) in [4.78, 5) is 12.4. The standard InChI is InChI=1S/C18H37NO2/c1-4-5-6-7-8-9-10-11-12-13-14-15-16-21-18(20)17-19(2)3/h4-17H2,1-3H3/p+1. The minimum atomic E-state index is -0.0712. The SMILES string of the molecule is CCCCCCCCCCCCCCOC(=O)C[NH+](C)C. The van der Waals surface area contributed by atoms with Crippen LogP contribution in [0.4, 0.5) is 0 Å². The summed E-state index contributed by atoms with van der Waals surface area (Å²) in [7, 11) is 3.93. The third kappa shape index (κ3) is 17.4. The molecule has 0 radical (unpaired) electrons. The van der Waals surface area contributed by atoms with Crippen molar-refractivity contribution in [3.63, 3.8) is 0 Å². The van der Waals surface area contributed by atoms with Crippen LogP contribution in [0.15, 0.2) is 0 Å². The zero-order valence-corrected chi connectivity index (χ0v) is 14.7. The van der Waals surface area contributed by atoms with E-state index in [2.05, 4.69) is 6.92 Å². The van der Waals surface area contributed by atoms with E-state index in [1.807, 2.05) is 14.1 Å². The molecule has 0 heterocycles. The van der Waals surface area contributed by atoms with Crippen molar-refractivity contribution in [1.82, 2.24) is 0 Å². The van der Waals surface area contributed by atoms with Gasteiger partial charge in [0.2, 0.25) is 0 Å². The van der Waals surface area contributed by atoms with Gasteiger partial charge in [0.25, 0.3) is 0 Å². The smallest absolute Gasteiger partial charge is 0.361 e. The monoisotopic (exact) mass is 300 g/mol. The highest BCUT2D eigenvalue weighted by Gasteiger charge is 2.06. The lowest BCUT2D eigenvalue weighted by Crippen LogP contribution is -3.06. The summed E-state index contributed by atoms with van der Waals surface area (Å²) < 4.78 is 5.18. The molecule has 0 aromatic heterocycles. The van der Waals surface area contributed by atoms with Gasteiger partial charge in [-0.2, -0.15) is 0 Å². The third-order valence-electron chi connectivity index (χ3n) is 3.76. The molecular weight excluding hydrogens is 262 g/mol. The zero-order valence-electron chi connectivity index (χ0n) is 14.7. The van der Waals surface area contributed by atoms with Crippen molar-refractivity contribution >= 4 is 5.97 Å². The van der Waals surface area contributed by atoms with E-state index >= 15 is 0 Å². The third-order valence-corrected chi connectivity index (χ3v) is 3.76. The van der Waals surface area contributed by atoms with Crippen LogP contribution in [0.3, 0.4) is 0 Å². The van der Waals surface area contributed by atoms with E-state index in [9.17, 15) is 4.79 Å². The summed E-state index contributed by atoms with van der Waals surface area (Å²) in [6.07, 6.45) is 16.0.